The number of rotatable bonds is 7. The van der Waals surface area contributed by atoms with Gasteiger partial charge in [0.1, 0.15) is 5.82 Å². The molecule has 0 radical (unpaired) electrons. The molecule has 0 amide bonds. The van der Waals surface area contributed by atoms with Crippen molar-refractivity contribution in [2.75, 3.05) is 11.1 Å². The van der Waals surface area contributed by atoms with E-state index in [9.17, 15) is 18.0 Å². The van der Waals surface area contributed by atoms with E-state index in [1.165, 1.54) is 17.5 Å². The van der Waals surface area contributed by atoms with Crippen molar-refractivity contribution in [3.05, 3.63) is 30.5 Å². The quantitative estimate of drug-likeness (QED) is 0.540. The number of nitrogen functional groups attached to an aromatic ring is 1. The van der Waals surface area contributed by atoms with Crippen LogP contribution in [0, 0.1) is 5.92 Å². The lowest BCUT2D eigenvalue weighted by Crippen LogP contribution is -2.35. The Morgan fingerprint density at radius 1 is 1.28 bits per heavy atom. The summed E-state index contributed by atoms with van der Waals surface area (Å²) in [6.45, 7) is 3.54. The highest BCUT2D eigenvalue weighted by atomic mass is 32.1. The fourth-order valence-electron chi connectivity index (χ4n) is 2.86. The van der Waals surface area contributed by atoms with Gasteiger partial charge in [-0.3, -0.25) is 4.79 Å². The first-order valence-electron chi connectivity index (χ1n) is 8.98. The van der Waals surface area contributed by atoms with Gasteiger partial charge in [-0.2, -0.15) is 13.2 Å². The van der Waals surface area contributed by atoms with E-state index in [-0.39, 0.29) is 8.77 Å². The normalized spacial score (nSPS) is 13.0. The van der Waals surface area contributed by atoms with Crippen LogP contribution in [0.1, 0.15) is 29.5 Å². The number of halogens is 3. The van der Waals surface area contributed by atoms with E-state index in [0.717, 1.165) is 15.8 Å². The van der Waals surface area contributed by atoms with Gasteiger partial charge in [0.25, 0.3) is 0 Å². The molecule has 10 heteroatoms. The third-order valence-electron chi connectivity index (χ3n) is 4.29. The molecule has 3 aromatic rings. The summed E-state index contributed by atoms with van der Waals surface area (Å²) >= 11 is 1.35. The van der Waals surface area contributed by atoms with Crippen LogP contribution < -0.4 is 11.1 Å². The Kier molecular flexibility index (Phi) is 6.02. The molecule has 0 unspecified atom stereocenters. The number of hydrogen-bond donors (Lipinski definition) is 2. The average Bonchev–Trinajstić information content (AvgIpc) is 3.02. The van der Waals surface area contributed by atoms with Gasteiger partial charge >= 0.3 is 6.18 Å². The lowest BCUT2D eigenvalue weighted by atomic mass is 9.97. The number of fused-ring (bicyclic) bond motifs is 1. The fourth-order valence-corrected chi connectivity index (χ4v) is 3.63. The van der Waals surface area contributed by atoms with Crippen molar-refractivity contribution in [2.24, 2.45) is 5.92 Å². The molecule has 3 rings (SSSR count). The van der Waals surface area contributed by atoms with Crippen LogP contribution in [0.15, 0.2) is 30.5 Å². The number of alkyl halides is 3. The van der Waals surface area contributed by atoms with Crippen molar-refractivity contribution in [3.63, 3.8) is 0 Å². The molecule has 0 bridgehead atoms. The van der Waals surface area contributed by atoms with Crippen molar-refractivity contribution in [2.45, 2.75) is 38.9 Å². The zero-order valence-corrected chi connectivity index (χ0v) is 16.6. The van der Waals surface area contributed by atoms with Crippen LogP contribution in [0.25, 0.3) is 21.6 Å². The number of aromatic nitrogens is 3. The molecule has 0 fully saturated rings. The van der Waals surface area contributed by atoms with Crippen LogP contribution in [-0.4, -0.2) is 33.0 Å². The number of hydrogen-bond acceptors (Lipinski definition) is 7. The third kappa shape index (κ3) is 5.41. The van der Waals surface area contributed by atoms with Gasteiger partial charge in [0.15, 0.2) is 16.7 Å². The second-order valence-electron chi connectivity index (χ2n) is 6.95. The number of ketones is 1. The molecule has 0 saturated heterocycles. The van der Waals surface area contributed by atoms with Crippen LogP contribution >= 0.6 is 11.3 Å². The van der Waals surface area contributed by atoms with Crippen LogP contribution in [0.4, 0.5) is 24.1 Å². The summed E-state index contributed by atoms with van der Waals surface area (Å²) in [6, 6.07) is 6.31. The van der Waals surface area contributed by atoms with E-state index < -0.39 is 30.8 Å². The Labute approximate surface area is 172 Å². The molecule has 0 aliphatic heterocycles. The highest BCUT2D eigenvalue weighted by molar-refractivity contribution is 7.22. The molecule has 1 aromatic carbocycles. The minimum atomic E-state index is -4.36. The van der Waals surface area contributed by atoms with Crippen LogP contribution in [0.2, 0.25) is 0 Å². The molecule has 2 heterocycles. The van der Waals surface area contributed by atoms with E-state index in [1.807, 2.05) is 18.2 Å². The van der Waals surface area contributed by atoms with Crippen molar-refractivity contribution in [1.82, 2.24) is 15.0 Å². The molecule has 1 atom stereocenters. The first-order valence-corrected chi connectivity index (χ1v) is 9.79. The maximum absolute atomic E-state index is 12.5. The maximum atomic E-state index is 12.5. The van der Waals surface area contributed by atoms with E-state index in [4.69, 9.17) is 5.73 Å². The fraction of sp³-hybridized carbons (Fsp3) is 0.368. The van der Waals surface area contributed by atoms with Gasteiger partial charge in [-0.25, -0.2) is 15.0 Å². The van der Waals surface area contributed by atoms with Gasteiger partial charge in [0.2, 0.25) is 0 Å². The summed E-state index contributed by atoms with van der Waals surface area (Å²) in [5, 5.41) is 3.43. The Bertz CT molecular complexity index is 1030. The lowest BCUT2D eigenvalue weighted by molar-refractivity contribution is -0.143. The zero-order valence-electron chi connectivity index (χ0n) is 15.8. The number of benzene rings is 1. The number of anilines is 2. The Morgan fingerprint density at radius 2 is 2.03 bits per heavy atom. The summed E-state index contributed by atoms with van der Waals surface area (Å²) in [4.78, 5) is 25.2. The number of nitrogens with two attached hydrogens (primary N) is 1. The first kappa shape index (κ1) is 21.0. The first-order chi connectivity index (χ1) is 13.6. The number of nitrogens with one attached hydrogen (secondary N) is 1. The number of nitrogens with zero attached hydrogens (tertiary/aromatic N) is 3. The SMILES string of the molecule is CC(C)[C@@H](Nc1ccnc(-c2ccc3nc(N)sc3c2)n1)C(=O)CCC(F)(F)F.[HH].[HH]. The summed E-state index contributed by atoms with van der Waals surface area (Å²) in [6.07, 6.45) is -4.53. The molecule has 2 aromatic heterocycles. The van der Waals surface area contributed by atoms with E-state index >= 15 is 0 Å². The summed E-state index contributed by atoms with van der Waals surface area (Å²) in [7, 11) is 0. The van der Waals surface area contributed by atoms with Crippen LogP contribution in [0.3, 0.4) is 0 Å². The van der Waals surface area contributed by atoms with Crippen molar-refractivity contribution >= 4 is 38.3 Å². The predicted octanol–water partition coefficient (Wildman–Crippen LogP) is 5.18. The summed E-state index contributed by atoms with van der Waals surface area (Å²) in [5.41, 5.74) is 7.25. The van der Waals surface area contributed by atoms with Gasteiger partial charge < -0.3 is 11.1 Å². The maximum Gasteiger partial charge on any atom is 0.389 e. The van der Waals surface area contributed by atoms with Crippen LogP contribution in [0.5, 0.6) is 0 Å². The largest absolute Gasteiger partial charge is 0.389 e. The van der Waals surface area contributed by atoms with Crippen molar-refractivity contribution < 1.29 is 20.8 Å². The molecule has 0 aliphatic carbocycles. The number of thiazole rings is 1. The standard InChI is InChI=1S/C19H20F3N5OS.2H2/c1-10(2)16(13(28)5-7-19(20,21)22)26-15-6-8-24-17(27-15)11-3-4-12-14(9-11)29-18(23)25-12;;/h3-4,6,8-10,16H,5,7H2,1-2H3,(H2,23,25)(H,24,26,27);2*1H/t16-;;/m1../s1. The average molecular weight is 427 g/mol. The molecule has 0 spiro atoms. The third-order valence-corrected chi connectivity index (χ3v) is 5.14. The molecule has 3 N–H and O–H groups in total. The van der Waals surface area contributed by atoms with E-state index in [2.05, 4.69) is 20.3 Å². The van der Waals surface area contributed by atoms with Gasteiger partial charge in [0.05, 0.1) is 22.7 Å². The number of carbonyl (C=O) groups excluding carboxylic acids is 1. The highest BCUT2D eigenvalue weighted by Crippen LogP contribution is 2.28. The minimum Gasteiger partial charge on any atom is -0.375 e. The Hall–Kier alpha value is -2.75. The molecule has 29 heavy (non-hydrogen) atoms. The van der Waals surface area contributed by atoms with Crippen LogP contribution in [-0.2, 0) is 4.79 Å². The van der Waals surface area contributed by atoms with Gasteiger partial charge in [-0.1, -0.05) is 25.2 Å². The van der Waals surface area contributed by atoms with Gasteiger partial charge in [-0.15, -0.1) is 0 Å². The van der Waals surface area contributed by atoms with Crippen molar-refractivity contribution in [1.29, 1.82) is 0 Å². The summed E-state index contributed by atoms with van der Waals surface area (Å²) < 4.78 is 38.3. The Balaban J connectivity index is 0.00000240. The minimum absolute atomic E-state index is 0. The van der Waals surface area contributed by atoms with E-state index in [0.29, 0.717) is 16.8 Å². The monoisotopic (exact) mass is 427 g/mol. The van der Waals surface area contributed by atoms with Gasteiger partial charge in [0, 0.05) is 21.0 Å². The second kappa shape index (κ2) is 8.32. The molecular formula is C19H24F3N5OS. The number of Topliss-reactive ketones (excluding diaryl/α,β-unsaturated/α-hetero) is 1. The molecule has 158 valence electrons. The number of carbonyl (C=O) groups is 1. The van der Waals surface area contributed by atoms with E-state index in [1.54, 1.807) is 19.9 Å². The topological polar surface area (TPSA) is 93.8 Å². The molecule has 0 saturated carbocycles. The second-order valence-corrected chi connectivity index (χ2v) is 8.01. The molecule has 6 nitrogen and oxygen atoms in total. The lowest BCUT2D eigenvalue weighted by Gasteiger charge is -2.22. The highest BCUT2D eigenvalue weighted by Gasteiger charge is 2.31. The molecule has 0 aliphatic rings. The zero-order chi connectivity index (χ0) is 21.2. The predicted molar refractivity (Wildman–Crippen MR) is 112 cm³/mol. The van der Waals surface area contributed by atoms with Crippen molar-refractivity contribution in [3.8, 4) is 11.4 Å². The molecular weight excluding hydrogens is 403 g/mol. The Morgan fingerprint density at radius 3 is 2.72 bits per heavy atom. The van der Waals surface area contributed by atoms with Gasteiger partial charge in [-0.05, 0) is 30.2 Å². The smallest absolute Gasteiger partial charge is 0.375 e. The summed E-state index contributed by atoms with van der Waals surface area (Å²) in [5.74, 6) is 0.0943.